The van der Waals surface area contributed by atoms with Gasteiger partial charge in [-0.25, -0.2) is 0 Å². The van der Waals surface area contributed by atoms with Crippen LogP contribution in [0.1, 0.15) is 16.7 Å². The lowest BCUT2D eigenvalue weighted by atomic mass is 10.1. The molecule has 2 amide bonds. The molecule has 0 spiro atoms. The summed E-state index contributed by atoms with van der Waals surface area (Å²) in [6, 6.07) is 9.45. The minimum Gasteiger partial charge on any atom is -0.493 e. The highest BCUT2D eigenvalue weighted by atomic mass is 32.2. The molecule has 0 aromatic heterocycles. The molecule has 3 rings (SSSR count). The molecule has 0 radical (unpaired) electrons. The molecule has 1 heterocycles. The molecule has 0 bridgehead atoms. The van der Waals surface area contributed by atoms with Crippen molar-refractivity contribution in [1.29, 1.82) is 0 Å². The minimum atomic E-state index is -0.350. The number of hydrogen-bond donors (Lipinski definition) is 1. The zero-order valence-electron chi connectivity index (χ0n) is 17.6. The van der Waals surface area contributed by atoms with Crippen LogP contribution >= 0.6 is 11.8 Å². The Morgan fingerprint density at radius 1 is 1.00 bits per heavy atom. The van der Waals surface area contributed by atoms with E-state index in [2.05, 4.69) is 5.32 Å². The first-order valence-corrected chi connectivity index (χ1v) is 10.1. The van der Waals surface area contributed by atoms with Crippen molar-refractivity contribution in [1.82, 2.24) is 4.90 Å². The third-order valence-electron chi connectivity index (χ3n) is 4.68. The Morgan fingerprint density at radius 3 is 2.27 bits per heavy atom. The summed E-state index contributed by atoms with van der Waals surface area (Å²) in [5.74, 6) is 1.05. The molecule has 1 fully saturated rings. The Morgan fingerprint density at radius 2 is 1.67 bits per heavy atom. The number of rotatable bonds is 7. The van der Waals surface area contributed by atoms with Gasteiger partial charge in [-0.2, -0.15) is 0 Å². The smallest absolute Gasteiger partial charge is 0.295 e. The molecule has 0 saturated carbocycles. The zero-order chi connectivity index (χ0) is 21.8. The number of nitrogens with one attached hydrogen (secondary N) is 1. The molecule has 158 valence electrons. The summed E-state index contributed by atoms with van der Waals surface area (Å²) in [5.41, 5.74) is 3.69. The van der Waals surface area contributed by atoms with Crippen molar-refractivity contribution in [3.05, 3.63) is 51.9 Å². The summed E-state index contributed by atoms with van der Waals surface area (Å²) < 4.78 is 16.0. The van der Waals surface area contributed by atoms with Crippen LogP contribution < -0.4 is 19.5 Å². The largest absolute Gasteiger partial charge is 0.493 e. The summed E-state index contributed by atoms with van der Waals surface area (Å²) in [5, 5.41) is 2.86. The Bertz CT molecular complexity index is 994. The van der Waals surface area contributed by atoms with E-state index in [1.165, 1.54) is 26.2 Å². The molecular weight excluding hydrogens is 404 g/mol. The lowest BCUT2D eigenvalue weighted by molar-refractivity contribution is -0.122. The van der Waals surface area contributed by atoms with E-state index in [0.717, 1.165) is 28.6 Å². The molecular formula is C22H24N2O5S. The third-order valence-corrected chi connectivity index (χ3v) is 5.59. The quantitative estimate of drug-likeness (QED) is 0.654. The average molecular weight is 429 g/mol. The van der Waals surface area contributed by atoms with E-state index in [1.807, 2.05) is 32.0 Å². The maximum absolute atomic E-state index is 12.8. The molecule has 0 aliphatic carbocycles. The highest BCUT2D eigenvalue weighted by Gasteiger charge is 2.35. The van der Waals surface area contributed by atoms with Gasteiger partial charge in [0.15, 0.2) is 11.5 Å². The van der Waals surface area contributed by atoms with E-state index >= 15 is 0 Å². The van der Waals surface area contributed by atoms with Crippen LogP contribution in [0.3, 0.4) is 0 Å². The zero-order valence-corrected chi connectivity index (χ0v) is 18.4. The molecule has 30 heavy (non-hydrogen) atoms. The number of aryl methyl sites for hydroxylation is 2. The summed E-state index contributed by atoms with van der Waals surface area (Å²) in [4.78, 5) is 26.8. The maximum atomic E-state index is 12.8. The van der Waals surface area contributed by atoms with Gasteiger partial charge in [0, 0.05) is 5.69 Å². The van der Waals surface area contributed by atoms with Crippen molar-refractivity contribution in [2.75, 3.05) is 33.3 Å². The van der Waals surface area contributed by atoms with E-state index in [-0.39, 0.29) is 17.8 Å². The standard InChI is InChI=1S/C22H24N2O5S/c1-13-6-7-14(2)16(8-13)23-12-24-21(25)19(30-22(24)26)11-15-9-17(27-3)20(29-5)18(10-15)28-4/h6-11,23H,12H2,1-5H3/b19-11+. The monoisotopic (exact) mass is 428 g/mol. The second-order valence-electron chi connectivity index (χ2n) is 6.72. The number of carbonyl (C=O) groups excluding carboxylic acids is 2. The van der Waals surface area contributed by atoms with Crippen LogP contribution in [0, 0.1) is 13.8 Å². The molecule has 1 aliphatic heterocycles. The highest BCUT2D eigenvalue weighted by molar-refractivity contribution is 8.18. The first-order valence-electron chi connectivity index (χ1n) is 9.24. The number of thioether (sulfide) groups is 1. The van der Waals surface area contributed by atoms with Gasteiger partial charge in [0.05, 0.1) is 32.9 Å². The Labute approximate surface area is 180 Å². The number of amides is 2. The Balaban J connectivity index is 1.82. The van der Waals surface area contributed by atoms with Crippen LogP contribution in [0.4, 0.5) is 10.5 Å². The van der Waals surface area contributed by atoms with Gasteiger partial charge in [-0.15, -0.1) is 0 Å². The Kier molecular flexibility index (Phi) is 6.56. The minimum absolute atomic E-state index is 0.0988. The first kappa shape index (κ1) is 21.6. The van der Waals surface area contributed by atoms with Gasteiger partial charge in [-0.05, 0) is 66.6 Å². The number of benzene rings is 2. The first-order chi connectivity index (χ1) is 14.4. The van der Waals surface area contributed by atoms with Crippen molar-refractivity contribution in [3.63, 3.8) is 0 Å². The predicted molar refractivity (Wildman–Crippen MR) is 118 cm³/mol. The van der Waals surface area contributed by atoms with Crippen LogP contribution in [0.2, 0.25) is 0 Å². The van der Waals surface area contributed by atoms with Gasteiger partial charge >= 0.3 is 0 Å². The van der Waals surface area contributed by atoms with Gasteiger partial charge < -0.3 is 19.5 Å². The van der Waals surface area contributed by atoms with E-state index in [4.69, 9.17) is 14.2 Å². The lowest BCUT2D eigenvalue weighted by Gasteiger charge is -2.16. The van der Waals surface area contributed by atoms with Crippen LogP contribution in [-0.4, -0.2) is 44.0 Å². The van der Waals surface area contributed by atoms with Gasteiger partial charge in [0.1, 0.15) is 0 Å². The van der Waals surface area contributed by atoms with Gasteiger partial charge in [-0.1, -0.05) is 12.1 Å². The third kappa shape index (κ3) is 4.38. The van der Waals surface area contributed by atoms with Gasteiger partial charge in [0.2, 0.25) is 5.75 Å². The number of nitrogens with zero attached hydrogens (tertiary/aromatic N) is 1. The molecule has 1 saturated heterocycles. The Hall–Kier alpha value is -3.13. The van der Waals surface area contributed by atoms with E-state index in [0.29, 0.717) is 27.7 Å². The number of hydrogen-bond acceptors (Lipinski definition) is 7. The second-order valence-corrected chi connectivity index (χ2v) is 7.71. The average Bonchev–Trinajstić information content (AvgIpc) is 3.00. The summed E-state index contributed by atoms with van der Waals surface area (Å²) in [6.45, 7) is 4.06. The van der Waals surface area contributed by atoms with Crippen LogP contribution in [0.15, 0.2) is 35.2 Å². The second kappa shape index (κ2) is 9.13. The van der Waals surface area contributed by atoms with E-state index in [9.17, 15) is 9.59 Å². The fraction of sp³-hybridized carbons (Fsp3) is 0.273. The SMILES string of the molecule is COc1cc(/C=C2/SC(=O)N(CNc3cc(C)ccc3C)C2=O)cc(OC)c1OC. The van der Waals surface area contributed by atoms with Crippen LogP contribution in [0.5, 0.6) is 17.2 Å². The molecule has 8 heteroatoms. The van der Waals surface area contributed by atoms with Crippen molar-refractivity contribution in [2.45, 2.75) is 13.8 Å². The summed E-state index contributed by atoms with van der Waals surface area (Å²) >= 11 is 0.902. The van der Waals surface area contributed by atoms with E-state index in [1.54, 1.807) is 18.2 Å². The molecule has 0 atom stereocenters. The number of carbonyl (C=O) groups is 2. The lowest BCUT2D eigenvalue weighted by Crippen LogP contribution is -2.33. The molecule has 1 aliphatic rings. The molecule has 2 aromatic carbocycles. The van der Waals surface area contributed by atoms with Crippen LogP contribution in [0.25, 0.3) is 6.08 Å². The van der Waals surface area contributed by atoms with Gasteiger partial charge in [0.25, 0.3) is 11.1 Å². The number of imide groups is 1. The fourth-order valence-corrected chi connectivity index (χ4v) is 3.90. The number of methoxy groups -OCH3 is 3. The van der Waals surface area contributed by atoms with Crippen molar-refractivity contribution >= 4 is 34.7 Å². The molecule has 0 unspecified atom stereocenters. The molecule has 1 N–H and O–H groups in total. The van der Waals surface area contributed by atoms with Crippen molar-refractivity contribution in [2.24, 2.45) is 0 Å². The highest BCUT2D eigenvalue weighted by Crippen LogP contribution is 2.40. The number of anilines is 1. The van der Waals surface area contributed by atoms with Crippen molar-refractivity contribution < 1.29 is 23.8 Å². The normalized spacial score (nSPS) is 15.0. The fourth-order valence-electron chi connectivity index (χ4n) is 3.06. The van der Waals surface area contributed by atoms with Gasteiger partial charge in [-0.3, -0.25) is 14.5 Å². The summed E-state index contributed by atoms with van der Waals surface area (Å²) in [7, 11) is 4.57. The predicted octanol–water partition coefficient (Wildman–Crippen LogP) is 4.44. The van der Waals surface area contributed by atoms with E-state index < -0.39 is 0 Å². The number of ether oxygens (including phenoxy) is 3. The summed E-state index contributed by atoms with van der Waals surface area (Å²) in [6.07, 6.45) is 1.65. The molecule has 7 nitrogen and oxygen atoms in total. The molecule has 2 aromatic rings. The van der Waals surface area contributed by atoms with Crippen LogP contribution in [-0.2, 0) is 4.79 Å². The maximum Gasteiger partial charge on any atom is 0.295 e. The van der Waals surface area contributed by atoms with Crippen molar-refractivity contribution in [3.8, 4) is 17.2 Å². The topological polar surface area (TPSA) is 77.1 Å².